The third-order valence-corrected chi connectivity index (χ3v) is 4.68. The number of nitrogens with two attached hydrogens (primary N) is 1. The molecular formula is C14H24N4OS. The van der Waals surface area contributed by atoms with Gasteiger partial charge in [-0.15, -0.1) is 11.3 Å². The number of hydrogen-bond donors (Lipinski definition) is 2. The van der Waals surface area contributed by atoms with Crippen LogP contribution in [0.2, 0.25) is 0 Å². The molecule has 1 saturated heterocycles. The second-order valence-electron chi connectivity index (χ2n) is 5.60. The molecule has 1 aliphatic rings. The van der Waals surface area contributed by atoms with Gasteiger partial charge < -0.3 is 11.1 Å². The largest absolute Gasteiger partial charge is 0.349 e. The fraction of sp³-hybridized carbons (Fsp3) is 0.714. The minimum atomic E-state index is -0.0919. The van der Waals surface area contributed by atoms with E-state index in [0.717, 1.165) is 18.1 Å². The van der Waals surface area contributed by atoms with Crippen molar-refractivity contribution in [3.05, 3.63) is 16.1 Å². The first-order chi connectivity index (χ1) is 9.61. The van der Waals surface area contributed by atoms with Crippen molar-refractivity contribution in [1.29, 1.82) is 0 Å². The van der Waals surface area contributed by atoms with Gasteiger partial charge in [-0.1, -0.05) is 13.8 Å². The Balaban J connectivity index is 1.89. The summed E-state index contributed by atoms with van der Waals surface area (Å²) >= 11 is 1.44. The standard InChI is InChI=1S/C14H24N4OS/c1-10(2)12(18-5-3-4-6-18)8-16-14(19)11-9-20-13(7-15)17-11/h9-10,12H,3-8,15H2,1-2H3,(H,16,19). The van der Waals surface area contributed by atoms with Gasteiger partial charge in [0.15, 0.2) is 0 Å². The van der Waals surface area contributed by atoms with Crippen LogP contribution in [0, 0.1) is 5.92 Å². The summed E-state index contributed by atoms with van der Waals surface area (Å²) in [5.74, 6) is 0.439. The lowest BCUT2D eigenvalue weighted by atomic mass is 10.0. The molecule has 3 N–H and O–H groups in total. The number of thiazole rings is 1. The second-order valence-corrected chi connectivity index (χ2v) is 6.54. The van der Waals surface area contributed by atoms with Crippen molar-refractivity contribution in [3.63, 3.8) is 0 Å². The molecule has 2 heterocycles. The third kappa shape index (κ3) is 3.77. The maximum Gasteiger partial charge on any atom is 0.270 e. The van der Waals surface area contributed by atoms with Gasteiger partial charge in [0.1, 0.15) is 10.7 Å². The zero-order valence-electron chi connectivity index (χ0n) is 12.3. The lowest BCUT2D eigenvalue weighted by Crippen LogP contribution is -2.45. The molecule has 2 rings (SSSR count). The van der Waals surface area contributed by atoms with E-state index >= 15 is 0 Å². The maximum atomic E-state index is 12.1. The number of rotatable bonds is 6. The topological polar surface area (TPSA) is 71.2 Å². The van der Waals surface area contributed by atoms with Crippen molar-refractivity contribution in [2.24, 2.45) is 11.7 Å². The molecule has 1 aromatic rings. The van der Waals surface area contributed by atoms with Gasteiger partial charge in [0.25, 0.3) is 5.91 Å². The molecule has 0 spiro atoms. The molecule has 0 aromatic carbocycles. The van der Waals surface area contributed by atoms with Crippen LogP contribution < -0.4 is 11.1 Å². The van der Waals surface area contributed by atoms with Crippen LogP contribution in [0.3, 0.4) is 0 Å². The van der Waals surface area contributed by atoms with Crippen LogP contribution in [-0.4, -0.2) is 41.5 Å². The highest BCUT2D eigenvalue weighted by atomic mass is 32.1. The summed E-state index contributed by atoms with van der Waals surface area (Å²) in [6.07, 6.45) is 2.53. The average Bonchev–Trinajstić information content (AvgIpc) is 3.09. The molecule has 0 saturated carbocycles. The lowest BCUT2D eigenvalue weighted by molar-refractivity contribution is 0.0923. The van der Waals surface area contributed by atoms with E-state index in [9.17, 15) is 4.79 Å². The number of amides is 1. The van der Waals surface area contributed by atoms with Crippen molar-refractivity contribution in [1.82, 2.24) is 15.2 Å². The van der Waals surface area contributed by atoms with E-state index in [-0.39, 0.29) is 5.91 Å². The summed E-state index contributed by atoms with van der Waals surface area (Å²) in [5.41, 5.74) is 6.00. The molecule has 5 nitrogen and oxygen atoms in total. The van der Waals surface area contributed by atoms with E-state index in [4.69, 9.17) is 5.73 Å². The van der Waals surface area contributed by atoms with Crippen LogP contribution in [0.15, 0.2) is 5.38 Å². The Labute approximate surface area is 124 Å². The van der Waals surface area contributed by atoms with Crippen molar-refractivity contribution < 1.29 is 4.79 Å². The Morgan fingerprint density at radius 3 is 2.75 bits per heavy atom. The summed E-state index contributed by atoms with van der Waals surface area (Å²) in [6.45, 7) is 7.79. The third-order valence-electron chi connectivity index (χ3n) is 3.81. The molecule has 1 unspecified atom stereocenters. The molecule has 0 radical (unpaired) electrons. The molecule has 1 fully saturated rings. The molecule has 112 valence electrons. The van der Waals surface area contributed by atoms with Gasteiger partial charge in [0, 0.05) is 24.5 Å². The van der Waals surface area contributed by atoms with E-state index in [0.29, 0.717) is 30.7 Å². The van der Waals surface area contributed by atoms with Gasteiger partial charge in [-0.3, -0.25) is 9.69 Å². The molecule has 1 atom stereocenters. The molecule has 1 aromatic heterocycles. The molecule has 6 heteroatoms. The number of nitrogens with one attached hydrogen (secondary N) is 1. The summed E-state index contributed by atoms with van der Waals surface area (Å²) in [5, 5.41) is 5.59. The van der Waals surface area contributed by atoms with Crippen LogP contribution >= 0.6 is 11.3 Å². The van der Waals surface area contributed by atoms with Gasteiger partial charge in [0.2, 0.25) is 0 Å². The van der Waals surface area contributed by atoms with Crippen LogP contribution in [0.25, 0.3) is 0 Å². The molecule has 0 aliphatic carbocycles. The van der Waals surface area contributed by atoms with E-state index in [1.807, 2.05) is 0 Å². The van der Waals surface area contributed by atoms with E-state index in [2.05, 4.69) is 29.0 Å². The number of carbonyl (C=O) groups excluding carboxylic acids is 1. The van der Waals surface area contributed by atoms with E-state index < -0.39 is 0 Å². The van der Waals surface area contributed by atoms with Crippen LogP contribution in [0.4, 0.5) is 0 Å². The lowest BCUT2D eigenvalue weighted by Gasteiger charge is -2.30. The predicted octanol–water partition coefficient (Wildman–Crippen LogP) is 1.45. The highest BCUT2D eigenvalue weighted by molar-refractivity contribution is 7.09. The maximum absolute atomic E-state index is 12.1. The molecule has 20 heavy (non-hydrogen) atoms. The average molecular weight is 296 g/mol. The minimum absolute atomic E-state index is 0.0919. The SMILES string of the molecule is CC(C)C(CNC(=O)c1csc(CN)n1)N1CCCC1. The van der Waals surface area contributed by atoms with Crippen LogP contribution in [0.1, 0.15) is 42.2 Å². The van der Waals surface area contributed by atoms with Crippen LogP contribution in [-0.2, 0) is 6.54 Å². The Hall–Kier alpha value is -0.980. The predicted molar refractivity (Wildman–Crippen MR) is 81.8 cm³/mol. The molecule has 1 aliphatic heterocycles. The first-order valence-corrected chi connectivity index (χ1v) is 8.16. The first kappa shape index (κ1) is 15.4. The number of carbonyl (C=O) groups is 1. The smallest absolute Gasteiger partial charge is 0.270 e. The van der Waals surface area contributed by atoms with Gasteiger partial charge in [-0.25, -0.2) is 4.98 Å². The minimum Gasteiger partial charge on any atom is -0.349 e. The zero-order valence-corrected chi connectivity index (χ0v) is 13.1. The number of nitrogens with zero attached hydrogens (tertiary/aromatic N) is 2. The van der Waals surface area contributed by atoms with Gasteiger partial charge in [0.05, 0.1) is 0 Å². The number of aromatic nitrogens is 1. The summed E-state index contributed by atoms with van der Waals surface area (Å²) in [7, 11) is 0. The van der Waals surface area contributed by atoms with Crippen molar-refractivity contribution in [3.8, 4) is 0 Å². The summed E-state index contributed by atoms with van der Waals surface area (Å²) < 4.78 is 0. The number of hydrogen-bond acceptors (Lipinski definition) is 5. The van der Waals surface area contributed by atoms with Crippen molar-refractivity contribution in [2.45, 2.75) is 39.3 Å². The zero-order chi connectivity index (χ0) is 14.5. The van der Waals surface area contributed by atoms with Gasteiger partial charge in [-0.05, 0) is 31.8 Å². The fourth-order valence-corrected chi connectivity index (χ4v) is 3.31. The Kier molecular flexibility index (Phi) is 5.51. The Bertz CT molecular complexity index is 440. The van der Waals surface area contributed by atoms with Crippen LogP contribution in [0.5, 0.6) is 0 Å². The van der Waals surface area contributed by atoms with Gasteiger partial charge in [-0.2, -0.15) is 0 Å². The second kappa shape index (κ2) is 7.15. The van der Waals surface area contributed by atoms with Gasteiger partial charge >= 0.3 is 0 Å². The molecule has 1 amide bonds. The van der Waals surface area contributed by atoms with E-state index in [1.54, 1.807) is 5.38 Å². The monoisotopic (exact) mass is 296 g/mol. The molecule has 0 bridgehead atoms. The molecular weight excluding hydrogens is 272 g/mol. The summed E-state index contributed by atoms with van der Waals surface area (Å²) in [6, 6.07) is 0.411. The highest BCUT2D eigenvalue weighted by Crippen LogP contribution is 2.17. The van der Waals surface area contributed by atoms with E-state index in [1.165, 1.54) is 24.2 Å². The number of likely N-dealkylation sites (tertiary alicyclic amines) is 1. The fourth-order valence-electron chi connectivity index (χ4n) is 2.66. The summed E-state index contributed by atoms with van der Waals surface area (Å²) in [4.78, 5) is 18.8. The Morgan fingerprint density at radius 1 is 1.50 bits per heavy atom. The van der Waals surface area contributed by atoms with Crippen molar-refractivity contribution in [2.75, 3.05) is 19.6 Å². The quantitative estimate of drug-likeness (QED) is 0.833. The first-order valence-electron chi connectivity index (χ1n) is 7.28. The Morgan fingerprint density at radius 2 is 2.20 bits per heavy atom. The highest BCUT2D eigenvalue weighted by Gasteiger charge is 2.25. The van der Waals surface area contributed by atoms with Crippen molar-refractivity contribution >= 4 is 17.2 Å². The normalized spacial score (nSPS) is 17.6.